The number of amides is 1. The van der Waals surface area contributed by atoms with Gasteiger partial charge in [-0.25, -0.2) is 4.98 Å². The molecule has 0 atom stereocenters. The Morgan fingerprint density at radius 1 is 1.43 bits per heavy atom. The lowest BCUT2D eigenvalue weighted by Gasteiger charge is -2.07. The van der Waals surface area contributed by atoms with Crippen molar-refractivity contribution in [2.75, 3.05) is 12.4 Å². The average molecular weight is 326 g/mol. The first-order valence-corrected chi connectivity index (χ1v) is 7.19. The van der Waals surface area contributed by atoms with E-state index in [9.17, 15) is 4.79 Å². The number of benzene rings is 1. The van der Waals surface area contributed by atoms with E-state index < -0.39 is 5.54 Å². The van der Waals surface area contributed by atoms with Crippen molar-refractivity contribution in [1.82, 2.24) is 4.98 Å². The Morgan fingerprint density at radius 2 is 2.14 bits per heavy atom. The Morgan fingerprint density at radius 3 is 2.81 bits per heavy atom. The fourth-order valence-corrected chi connectivity index (χ4v) is 2.60. The minimum absolute atomic E-state index is 0. The highest BCUT2D eigenvalue weighted by atomic mass is 35.5. The van der Waals surface area contributed by atoms with Crippen LogP contribution in [0.3, 0.4) is 0 Å². The molecule has 0 unspecified atom stereocenters. The van der Waals surface area contributed by atoms with Crippen molar-refractivity contribution in [3.8, 4) is 17.0 Å². The molecule has 0 radical (unpaired) electrons. The number of anilines is 1. The summed E-state index contributed by atoms with van der Waals surface area (Å²) in [6.45, 7) is 0. The fourth-order valence-electron chi connectivity index (χ4n) is 1.89. The molecule has 1 fully saturated rings. The van der Waals surface area contributed by atoms with Gasteiger partial charge in [0, 0.05) is 10.9 Å². The number of carbonyl (C=O) groups is 1. The predicted octanol–water partition coefficient (Wildman–Crippen LogP) is 2.67. The molecule has 1 saturated carbocycles. The van der Waals surface area contributed by atoms with Crippen molar-refractivity contribution < 1.29 is 9.53 Å². The van der Waals surface area contributed by atoms with E-state index in [1.807, 2.05) is 29.6 Å². The SMILES string of the molecule is COc1ccccc1-c1csc(NC(=O)C2(N)CC2)n1.Cl. The van der Waals surface area contributed by atoms with Gasteiger partial charge in [0.1, 0.15) is 5.75 Å². The van der Waals surface area contributed by atoms with Crippen LogP contribution in [0.15, 0.2) is 29.6 Å². The number of methoxy groups -OCH3 is 1. The van der Waals surface area contributed by atoms with Gasteiger partial charge in [0.25, 0.3) is 0 Å². The lowest BCUT2D eigenvalue weighted by Crippen LogP contribution is -2.37. The van der Waals surface area contributed by atoms with Crippen molar-refractivity contribution >= 4 is 34.8 Å². The summed E-state index contributed by atoms with van der Waals surface area (Å²) < 4.78 is 5.31. The summed E-state index contributed by atoms with van der Waals surface area (Å²) >= 11 is 1.38. The summed E-state index contributed by atoms with van der Waals surface area (Å²) in [6, 6.07) is 7.65. The van der Waals surface area contributed by atoms with Crippen LogP contribution in [-0.2, 0) is 4.79 Å². The van der Waals surface area contributed by atoms with Gasteiger partial charge in [-0.2, -0.15) is 0 Å². The molecule has 1 aromatic heterocycles. The molecule has 3 N–H and O–H groups in total. The number of nitrogens with zero attached hydrogens (tertiary/aromatic N) is 1. The average Bonchev–Trinajstić information content (AvgIpc) is 3.05. The monoisotopic (exact) mass is 325 g/mol. The van der Waals surface area contributed by atoms with Crippen LogP contribution in [-0.4, -0.2) is 23.5 Å². The number of para-hydroxylation sites is 1. The smallest absolute Gasteiger partial charge is 0.246 e. The predicted molar refractivity (Wildman–Crippen MR) is 86.1 cm³/mol. The number of aromatic nitrogens is 1. The lowest BCUT2D eigenvalue weighted by molar-refractivity contribution is -0.118. The van der Waals surface area contributed by atoms with Gasteiger partial charge in [-0.3, -0.25) is 4.79 Å². The summed E-state index contributed by atoms with van der Waals surface area (Å²) in [5.74, 6) is 0.603. The second kappa shape index (κ2) is 6.01. The van der Waals surface area contributed by atoms with E-state index in [-0.39, 0.29) is 18.3 Å². The molecule has 3 rings (SSSR count). The lowest BCUT2D eigenvalue weighted by atomic mass is 10.1. The summed E-state index contributed by atoms with van der Waals surface area (Å²) in [7, 11) is 1.62. The summed E-state index contributed by atoms with van der Waals surface area (Å²) in [5, 5.41) is 5.23. The van der Waals surface area contributed by atoms with Gasteiger partial charge in [-0.05, 0) is 25.0 Å². The second-order valence-electron chi connectivity index (χ2n) is 4.85. The largest absolute Gasteiger partial charge is 0.496 e. The molecule has 21 heavy (non-hydrogen) atoms. The van der Waals surface area contributed by atoms with Gasteiger partial charge < -0.3 is 15.8 Å². The highest BCUT2D eigenvalue weighted by Crippen LogP contribution is 2.35. The Labute approximate surface area is 132 Å². The van der Waals surface area contributed by atoms with Crippen molar-refractivity contribution in [2.24, 2.45) is 5.73 Å². The second-order valence-corrected chi connectivity index (χ2v) is 5.71. The van der Waals surface area contributed by atoms with Gasteiger partial charge in [0.2, 0.25) is 5.91 Å². The van der Waals surface area contributed by atoms with Crippen molar-refractivity contribution in [3.05, 3.63) is 29.6 Å². The van der Waals surface area contributed by atoms with E-state index in [0.29, 0.717) is 5.13 Å². The van der Waals surface area contributed by atoms with Gasteiger partial charge in [0.05, 0.1) is 18.3 Å². The third kappa shape index (κ3) is 3.18. The minimum Gasteiger partial charge on any atom is -0.496 e. The van der Waals surface area contributed by atoms with E-state index in [0.717, 1.165) is 29.8 Å². The zero-order valence-electron chi connectivity index (χ0n) is 11.5. The molecule has 0 saturated heterocycles. The number of ether oxygens (including phenoxy) is 1. The first kappa shape index (κ1) is 15.8. The molecule has 1 aliphatic carbocycles. The van der Waals surface area contributed by atoms with E-state index in [1.54, 1.807) is 7.11 Å². The molecule has 0 spiro atoms. The van der Waals surface area contributed by atoms with Gasteiger partial charge in [-0.1, -0.05) is 12.1 Å². The third-order valence-electron chi connectivity index (χ3n) is 3.35. The first-order chi connectivity index (χ1) is 9.62. The van der Waals surface area contributed by atoms with Crippen molar-refractivity contribution in [1.29, 1.82) is 0 Å². The van der Waals surface area contributed by atoms with Crippen LogP contribution in [0.2, 0.25) is 0 Å². The summed E-state index contributed by atoms with van der Waals surface area (Å²) in [4.78, 5) is 16.3. The number of rotatable bonds is 4. The molecule has 1 amide bonds. The molecule has 5 nitrogen and oxygen atoms in total. The van der Waals surface area contributed by atoms with Crippen LogP contribution < -0.4 is 15.8 Å². The number of halogens is 1. The highest BCUT2D eigenvalue weighted by molar-refractivity contribution is 7.14. The van der Waals surface area contributed by atoms with E-state index in [1.165, 1.54) is 11.3 Å². The van der Waals surface area contributed by atoms with E-state index in [2.05, 4.69) is 10.3 Å². The van der Waals surface area contributed by atoms with Gasteiger partial charge in [0.15, 0.2) is 5.13 Å². The molecule has 0 aliphatic heterocycles. The van der Waals surface area contributed by atoms with Gasteiger partial charge in [-0.15, -0.1) is 23.7 Å². The summed E-state index contributed by atoms with van der Waals surface area (Å²) in [6.07, 6.45) is 1.48. The Kier molecular flexibility index (Phi) is 4.51. The molecular formula is C14H16ClN3O2S. The summed E-state index contributed by atoms with van der Waals surface area (Å²) in [5.41, 5.74) is 6.85. The van der Waals surface area contributed by atoms with Crippen LogP contribution in [0.4, 0.5) is 5.13 Å². The quantitative estimate of drug-likeness (QED) is 0.906. The molecule has 0 bridgehead atoms. The van der Waals surface area contributed by atoms with Crippen LogP contribution in [0, 0.1) is 0 Å². The minimum atomic E-state index is -0.684. The topological polar surface area (TPSA) is 77.2 Å². The van der Waals surface area contributed by atoms with Crippen LogP contribution in [0.5, 0.6) is 5.75 Å². The number of carbonyl (C=O) groups excluding carboxylic acids is 1. The normalized spacial score (nSPS) is 15.0. The molecule has 1 aromatic carbocycles. The number of hydrogen-bond acceptors (Lipinski definition) is 5. The maximum atomic E-state index is 11.9. The first-order valence-electron chi connectivity index (χ1n) is 6.32. The van der Waals surface area contributed by atoms with Crippen LogP contribution in [0.25, 0.3) is 11.3 Å². The Balaban J connectivity index is 0.00000161. The zero-order chi connectivity index (χ0) is 14.2. The highest BCUT2D eigenvalue weighted by Gasteiger charge is 2.46. The molecule has 2 aromatic rings. The molecule has 1 heterocycles. The van der Waals surface area contributed by atoms with E-state index >= 15 is 0 Å². The number of thiazole rings is 1. The number of hydrogen-bond donors (Lipinski definition) is 2. The number of nitrogens with one attached hydrogen (secondary N) is 1. The maximum absolute atomic E-state index is 11.9. The Bertz CT molecular complexity index is 655. The van der Waals surface area contributed by atoms with Crippen LogP contribution in [0.1, 0.15) is 12.8 Å². The fraction of sp³-hybridized carbons (Fsp3) is 0.286. The number of nitrogens with two attached hydrogens (primary N) is 1. The van der Waals surface area contributed by atoms with Crippen molar-refractivity contribution in [3.63, 3.8) is 0 Å². The van der Waals surface area contributed by atoms with E-state index in [4.69, 9.17) is 10.5 Å². The Hall–Kier alpha value is -1.63. The van der Waals surface area contributed by atoms with Crippen molar-refractivity contribution in [2.45, 2.75) is 18.4 Å². The molecule has 112 valence electrons. The maximum Gasteiger partial charge on any atom is 0.246 e. The zero-order valence-corrected chi connectivity index (χ0v) is 13.1. The van der Waals surface area contributed by atoms with Gasteiger partial charge >= 0.3 is 0 Å². The third-order valence-corrected chi connectivity index (χ3v) is 4.11. The molecule has 1 aliphatic rings. The standard InChI is InChI=1S/C14H15N3O2S.ClH/c1-19-11-5-3-2-4-9(11)10-8-20-13(16-10)17-12(18)14(15)6-7-14;/h2-5,8H,6-7,15H2,1H3,(H,16,17,18);1H. The van der Waals surface area contributed by atoms with Crippen LogP contribution >= 0.6 is 23.7 Å². The molecular weight excluding hydrogens is 310 g/mol. The molecule has 7 heteroatoms.